The van der Waals surface area contributed by atoms with Crippen LogP contribution in [0.2, 0.25) is 0 Å². The Hall–Kier alpha value is -0.120. The van der Waals surface area contributed by atoms with Gasteiger partial charge in [-0.1, -0.05) is 13.8 Å². The van der Waals surface area contributed by atoms with Crippen LogP contribution in [0.3, 0.4) is 0 Å². The highest BCUT2D eigenvalue weighted by Crippen LogP contribution is 2.45. The molecule has 0 aromatic heterocycles. The Morgan fingerprint density at radius 1 is 1.39 bits per heavy atom. The van der Waals surface area contributed by atoms with Crippen molar-refractivity contribution < 1.29 is 9.47 Å². The summed E-state index contributed by atoms with van der Waals surface area (Å²) in [5.41, 5.74) is 0.336. The molecule has 1 saturated carbocycles. The molecule has 4 atom stereocenters. The van der Waals surface area contributed by atoms with Crippen molar-refractivity contribution in [3.05, 3.63) is 0 Å². The average Bonchev–Trinajstić information content (AvgIpc) is 2.89. The maximum Gasteiger partial charge on any atom is 0.0658 e. The zero-order chi connectivity index (χ0) is 13.0. The van der Waals surface area contributed by atoms with Gasteiger partial charge in [-0.05, 0) is 45.1 Å². The highest BCUT2D eigenvalue weighted by molar-refractivity contribution is 5.04. The van der Waals surface area contributed by atoms with E-state index in [9.17, 15) is 0 Å². The van der Waals surface area contributed by atoms with E-state index in [1.807, 2.05) is 0 Å². The molecule has 106 valence electrons. The Morgan fingerprint density at radius 3 is 2.83 bits per heavy atom. The molecule has 2 rings (SSSR count). The zero-order valence-electron chi connectivity index (χ0n) is 12.2. The molecule has 1 saturated heterocycles. The number of hydrogen-bond acceptors (Lipinski definition) is 3. The Labute approximate surface area is 112 Å². The van der Waals surface area contributed by atoms with Crippen molar-refractivity contribution in [3.63, 3.8) is 0 Å². The summed E-state index contributed by atoms with van der Waals surface area (Å²) in [5, 5.41) is 3.74. The van der Waals surface area contributed by atoms with Gasteiger partial charge < -0.3 is 14.8 Å². The monoisotopic (exact) mass is 255 g/mol. The first-order valence-electron chi connectivity index (χ1n) is 7.63. The van der Waals surface area contributed by atoms with Crippen molar-refractivity contribution >= 4 is 0 Å². The molecule has 0 aromatic carbocycles. The molecule has 4 unspecified atom stereocenters. The largest absolute Gasteiger partial charge is 0.381 e. The Balaban J connectivity index is 1.69. The Morgan fingerprint density at radius 2 is 2.22 bits per heavy atom. The molecule has 1 aliphatic carbocycles. The summed E-state index contributed by atoms with van der Waals surface area (Å²) in [7, 11) is 0. The van der Waals surface area contributed by atoms with Crippen molar-refractivity contribution in [1.82, 2.24) is 5.32 Å². The second-order valence-electron chi connectivity index (χ2n) is 6.06. The van der Waals surface area contributed by atoms with Crippen LogP contribution in [-0.2, 0) is 9.47 Å². The van der Waals surface area contributed by atoms with E-state index >= 15 is 0 Å². The van der Waals surface area contributed by atoms with Crippen LogP contribution in [0, 0.1) is 11.3 Å². The summed E-state index contributed by atoms with van der Waals surface area (Å²) >= 11 is 0. The van der Waals surface area contributed by atoms with Crippen LogP contribution >= 0.6 is 0 Å². The molecule has 2 fully saturated rings. The standard InChI is InChI=1S/C15H29NO2/c1-4-15(3)13(10-14(15)18-5-2)16-8-6-12-7-9-17-11-12/h12-14,16H,4-11H2,1-3H3. The summed E-state index contributed by atoms with van der Waals surface area (Å²) in [6.07, 6.45) is 5.34. The maximum atomic E-state index is 5.83. The predicted octanol–water partition coefficient (Wildman–Crippen LogP) is 2.60. The lowest BCUT2D eigenvalue weighted by atomic mass is 9.61. The summed E-state index contributed by atoms with van der Waals surface area (Å²) in [6.45, 7) is 10.7. The van der Waals surface area contributed by atoms with Gasteiger partial charge in [0.15, 0.2) is 0 Å². The third-order valence-corrected chi connectivity index (χ3v) is 5.08. The van der Waals surface area contributed by atoms with Crippen molar-refractivity contribution in [1.29, 1.82) is 0 Å². The number of nitrogens with one attached hydrogen (secondary N) is 1. The fourth-order valence-electron chi connectivity index (χ4n) is 3.34. The van der Waals surface area contributed by atoms with Crippen molar-refractivity contribution in [2.45, 2.75) is 58.6 Å². The lowest BCUT2D eigenvalue weighted by molar-refractivity contribution is -0.125. The van der Waals surface area contributed by atoms with Crippen molar-refractivity contribution in [2.24, 2.45) is 11.3 Å². The van der Waals surface area contributed by atoms with Crippen LogP contribution in [0.4, 0.5) is 0 Å². The smallest absolute Gasteiger partial charge is 0.0658 e. The molecule has 0 radical (unpaired) electrons. The molecule has 0 bridgehead atoms. The van der Waals surface area contributed by atoms with E-state index < -0.39 is 0 Å². The third-order valence-electron chi connectivity index (χ3n) is 5.08. The van der Waals surface area contributed by atoms with Gasteiger partial charge in [-0.25, -0.2) is 0 Å². The lowest BCUT2D eigenvalue weighted by Gasteiger charge is -2.54. The van der Waals surface area contributed by atoms with Crippen molar-refractivity contribution in [3.8, 4) is 0 Å². The molecule has 0 aromatic rings. The first kappa shape index (κ1) is 14.3. The van der Waals surface area contributed by atoms with Crippen LogP contribution in [0.1, 0.15) is 46.5 Å². The molecular formula is C15H29NO2. The predicted molar refractivity (Wildman–Crippen MR) is 73.8 cm³/mol. The van der Waals surface area contributed by atoms with Crippen LogP contribution in [0.5, 0.6) is 0 Å². The third kappa shape index (κ3) is 2.89. The minimum atomic E-state index is 0.336. The number of rotatable bonds is 7. The first-order chi connectivity index (χ1) is 8.70. The van der Waals surface area contributed by atoms with Gasteiger partial charge in [0, 0.05) is 31.3 Å². The van der Waals surface area contributed by atoms with Gasteiger partial charge in [-0.15, -0.1) is 0 Å². The van der Waals surface area contributed by atoms with Gasteiger partial charge in [0.25, 0.3) is 0 Å². The van der Waals surface area contributed by atoms with Crippen LogP contribution in [-0.4, -0.2) is 38.5 Å². The highest BCUT2D eigenvalue weighted by atomic mass is 16.5. The van der Waals surface area contributed by atoms with E-state index in [1.54, 1.807) is 0 Å². The lowest BCUT2D eigenvalue weighted by Crippen LogP contribution is -2.62. The molecule has 0 spiro atoms. The van der Waals surface area contributed by atoms with E-state index in [0.29, 0.717) is 17.6 Å². The maximum absolute atomic E-state index is 5.83. The molecular weight excluding hydrogens is 226 g/mol. The summed E-state index contributed by atoms with van der Waals surface area (Å²) in [6, 6.07) is 0.640. The van der Waals surface area contributed by atoms with E-state index in [0.717, 1.165) is 32.3 Å². The van der Waals surface area contributed by atoms with E-state index in [4.69, 9.17) is 9.47 Å². The molecule has 0 amide bonds. The fourth-order valence-corrected chi connectivity index (χ4v) is 3.34. The number of ether oxygens (including phenoxy) is 2. The van der Waals surface area contributed by atoms with E-state index in [-0.39, 0.29) is 0 Å². The normalized spacial score (nSPS) is 39.8. The van der Waals surface area contributed by atoms with Gasteiger partial charge in [0.05, 0.1) is 6.10 Å². The van der Waals surface area contributed by atoms with Gasteiger partial charge >= 0.3 is 0 Å². The van der Waals surface area contributed by atoms with E-state index in [2.05, 4.69) is 26.1 Å². The fraction of sp³-hybridized carbons (Fsp3) is 1.00. The SMILES string of the molecule is CCOC1CC(NCCC2CCOC2)C1(C)CC. The summed E-state index contributed by atoms with van der Waals surface area (Å²) in [4.78, 5) is 0. The van der Waals surface area contributed by atoms with Crippen LogP contribution < -0.4 is 5.32 Å². The Kier molecular flexibility index (Phi) is 5.05. The molecule has 3 heteroatoms. The van der Waals surface area contributed by atoms with Gasteiger partial charge in [0.2, 0.25) is 0 Å². The minimum absolute atomic E-state index is 0.336. The molecule has 18 heavy (non-hydrogen) atoms. The summed E-state index contributed by atoms with van der Waals surface area (Å²) < 4.78 is 11.3. The molecule has 3 nitrogen and oxygen atoms in total. The topological polar surface area (TPSA) is 30.5 Å². The quantitative estimate of drug-likeness (QED) is 0.758. The Bertz CT molecular complexity index is 253. The van der Waals surface area contributed by atoms with Gasteiger partial charge in [0.1, 0.15) is 0 Å². The minimum Gasteiger partial charge on any atom is -0.381 e. The average molecular weight is 255 g/mol. The first-order valence-corrected chi connectivity index (χ1v) is 7.63. The van der Waals surface area contributed by atoms with Gasteiger partial charge in [-0.2, -0.15) is 0 Å². The second kappa shape index (κ2) is 6.36. The van der Waals surface area contributed by atoms with E-state index in [1.165, 1.54) is 25.7 Å². The van der Waals surface area contributed by atoms with Crippen LogP contribution in [0.15, 0.2) is 0 Å². The molecule has 1 N–H and O–H groups in total. The van der Waals surface area contributed by atoms with Crippen LogP contribution in [0.25, 0.3) is 0 Å². The molecule has 1 aliphatic heterocycles. The molecule has 1 heterocycles. The van der Waals surface area contributed by atoms with Crippen molar-refractivity contribution in [2.75, 3.05) is 26.4 Å². The highest BCUT2D eigenvalue weighted by Gasteiger charge is 2.50. The molecule has 2 aliphatic rings. The summed E-state index contributed by atoms with van der Waals surface area (Å²) in [5.74, 6) is 0.785. The van der Waals surface area contributed by atoms with Gasteiger partial charge in [-0.3, -0.25) is 0 Å². The number of hydrogen-bond donors (Lipinski definition) is 1. The second-order valence-corrected chi connectivity index (χ2v) is 6.06. The zero-order valence-corrected chi connectivity index (χ0v) is 12.2.